The van der Waals surface area contributed by atoms with Crippen molar-refractivity contribution in [1.29, 1.82) is 0 Å². The van der Waals surface area contributed by atoms with Crippen LogP contribution in [0.4, 0.5) is 5.69 Å². The third-order valence-corrected chi connectivity index (χ3v) is 5.27. The lowest BCUT2D eigenvalue weighted by molar-refractivity contribution is -0.122. The summed E-state index contributed by atoms with van der Waals surface area (Å²) in [5.41, 5.74) is 3.45. The molecule has 6 heteroatoms. The Bertz CT molecular complexity index is 773. The smallest absolute Gasteiger partial charge is 0.234 e. The molecular weight excluding hydrogens is 369 g/mol. The van der Waals surface area contributed by atoms with E-state index < -0.39 is 0 Å². The molecule has 2 aromatic rings. The van der Waals surface area contributed by atoms with E-state index in [9.17, 15) is 4.79 Å². The summed E-state index contributed by atoms with van der Waals surface area (Å²) >= 11 is 12.0. The molecule has 1 aliphatic heterocycles. The standard InChI is InChI=1S/C20H23Cl2N3O/c1-15-4-2-3-5-19(15)25-10-8-24(9-11-25)14-20(26)23-13-16-6-7-17(21)12-18(16)22/h2-7,12H,8-11,13-14H2,1H3,(H,23,26). The zero-order chi connectivity index (χ0) is 18.5. The van der Waals surface area contributed by atoms with Gasteiger partial charge in [-0.05, 0) is 36.2 Å². The minimum Gasteiger partial charge on any atom is -0.369 e. The fourth-order valence-electron chi connectivity index (χ4n) is 3.18. The number of nitrogens with one attached hydrogen (secondary N) is 1. The molecule has 1 heterocycles. The zero-order valence-electron chi connectivity index (χ0n) is 14.8. The Morgan fingerprint density at radius 3 is 2.50 bits per heavy atom. The van der Waals surface area contributed by atoms with E-state index in [4.69, 9.17) is 23.2 Å². The van der Waals surface area contributed by atoms with Crippen LogP contribution in [0.5, 0.6) is 0 Å². The van der Waals surface area contributed by atoms with Crippen molar-refractivity contribution in [1.82, 2.24) is 10.2 Å². The van der Waals surface area contributed by atoms with Gasteiger partial charge in [0.05, 0.1) is 6.54 Å². The molecule has 0 saturated carbocycles. The summed E-state index contributed by atoms with van der Waals surface area (Å²) in [6.45, 7) is 6.58. The predicted octanol–water partition coefficient (Wildman–Crippen LogP) is 3.74. The Balaban J connectivity index is 1.45. The number of para-hydroxylation sites is 1. The summed E-state index contributed by atoms with van der Waals surface area (Å²) in [4.78, 5) is 16.8. The van der Waals surface area contributed by atoms with E-state index in [1.807, 2.05) is 6.07 Å². The number of benzene rings is 2. The molecule has 0 aliphatic carbocycles. The van der Waals surface area contributed by atoms with Crippen molar-refractivity contribution in [3.63, 3.8) is 0 Å². The zero-order valence-corrected chi connectivity index (χ0v) is 16.4. The van der Waals surface area contributed by atoms with Gasteiger partial charge < -0.3 is 10.2 Å². The Kier molecular flexibility index (Phi) is 6.41. The van der Waals surface area contributed by atoms with E-state index in [2.05, 4.69) is 46.3 Å². The first-order valence-corrected chi connectivity index (χ1v) is 9.52. The van der Waals surface area contributed by atoms with Crippen LogP contribution < -0.4 is 10.2 Å². The molecule has 0 radical (unpaired) electrons. The second-order valence-corrected chi connectivity index (χ2v) is 7.41. The van der Waals surface area contributed by atoms with Crippen molar-refractivity contribution in [2.45, 2.75) is 13.5 Å². The maximum atomic E-state index is 12.2. The van der Waals surface area contributed by atoms with Crippen LogP contribution in [-0.2, 0) is 11.3 Å². The van der Waals surface area contributed by atoms with E-state index in [0.29, 0.717) is 23.1 Å². The van der Waals surface area contributed by atoms with E-state index >= 15 is 0 Å². The number of rotatable bonds is 5. The van der Waals surface area contributed by atoms with E-state index in [0.717, 1.165) is 31.7 Å². The molecule has 0 aromatic heterocycles. The molecule has 1 aliphatic rings. The number of aryl methyl sites for hydroxylation is 1. The topological polar surface area (TPSA) is 35.6 Å². The second kappa shape index (κ2) is 8.76. The molecule has 0 atom stereocenters. The average molecular weight is 392 g/mol. The molecule has 138 valence electrons. The van der Waals surface area contributed by atoms with E-state index in [1.165, 1.54) is 11.3 Å². The second-order valence-electron chi connectivity index (χ2n) is 6.56. The number of amides is 1. The van der Waals surface area contributed by atoms with Crippen LogP contribution in [0, 0.1) is 6.92 Å². The third-order valence-electron chi connectivity index (χ3n) is 4.69. The van der Waals surface area contributed by atoms with Gasteiger partial charge in [-0.15, -0.1) is 0 Å². The summed E-state index contributed by atoms with van der Waals surface area (Å²) < 4.78 is 0. The number of hydrogen-bond acceptors (Lipinski definition) is 3. The van der Waals surface area contributed by atoms with Gasteiger partial charge in [0.25, 0.3) is 0 Å². The van der Waals surface area contributed by atoms with Crippen molar-refractivity contribution in [2.24, 2.45) is 0 Å². The van der Waals surface area contributed by atoms with Crippen molar-refractivity contribution < 1.29 is 4.79 Å². The van der Waals surface area contributed by atoms with Gasteiger partial charge in [-0.3, -0.25) is 9.69 Å². The molecule has 0 bridgehead atoms. The van der Waals surface area contributed by atoms with Crippen LogP contribution in [0.25, 0.3) is 0 Å². The van der Waals surface area contributed by atoms with Gasteiger partial charge in [0, 0.05) is 48.5 Å². The predicted molar refractivity (Wildman–Crippen MR) is 108 cm³/mol. The Labute approximate surface area is 164 Å². The Morgan fingerprint density at radius 1 is 1.08 bits per heavy atom. The van der Waals surface area contributed by atoms with Crippen LogP contribution in [0.2, 0.25) is 10.0 Å². The Morgan fingerprint density at radius 2 is 1.81 bits per heavy atom. The van der Waals surface area contributed by atoms with Gasteiger partial charge in [0.2, 0.25) is 5.91 Å². The SMILES string of the molecule is Cc1ccccc1N1CCN(CC(=O)NCc2ccc(Cl)cc2Cl)CC1. The molecule has 1 amide bonds. The number of hydrogen-bond donors (Lipinski definition) is 1. The summed E-state index contributed by atoms with van der Waals surface area (Å²) in [5, 5.41) is 4.10. The molecule has 2 aromatic carbocycles. The molecule has 0 spiro atoms. The van der Waals surface area contributed by atoms with Gasteiger partial charge in [-0.2, -0.15) is 0 Å². The number of halogens is 2. The summed E-state index contributed by atoms with van der Waals surface area (Å²) in [6, 6.07) is 13.7. The van der Waals surface area contributed by atoms with Crippen molar-refractivity contribution in [3.8, 4) is 0 Å². The van der Waals surface area contributed by atoms with Gasteiger partial charge >= 0.3 is 0 Å². The number of anilines is 1. The van der Waals surface area contributed by atoms with Crippen LogP contribution in [0.1, 0.15) is 11.1 Å². The average Bonchev–Trinajstić information content (AvgIpc) is 2.62. The first-order chi connectivity index (χ1) is 12.5. The molecule has 4 nitrogen and oxygen atoms in total. The van der Waals surface area contributed by atoms with E-state index in [-0.39, 0.29) is 5.91 Å². The minimum atomic E-state index is 0.0142. The van der Waals surface area contributed by atoms with Gasteiger partial charge in [0.1, 0.15) is 0 Å². The van der Waals surface area contributed by atoms with Crippen LogP contribution in [-0.4, -0.2) is 43.5 Å². The number of carbonyl (C=O) groups excluding carboxylic acids is 1. The molecular formula is C20H23Cl2N3O. The van der Waals surface area contributed by atoms with Crippen LogP contribution >= 0.6 is 23.2 Å². The fourth-order valence-corrected chi connectivity index (χ4v) is 3.66. The highest BCUT2D eigenvalue weighted by Gasteiger charge is 2.20. The number of piperazine rings is 1. The van der Waals surface area contributed by atoms with Crippen LogP contribution in [0.15, 0.2) is 42.5 Å². The maximum Gasteiger partial charge on any atom is 0.234 e. The lowest BCUT2D eigenvalue weighted by atomic mass is 10.1. The molecule has 3 rings (SSSR count). The fraction of sp³-hybridized carbons (Fsp3) is 0.350. The lowest BCUT2D eigenvalue weighted by Gasteiger charge is -2.36. The molecule has 1 saturated heterocycles. The highest BCUT2D eigenvalue weighted by Crippen LogP contribution is 2.21. The van der Waals surface area contributed by atoms with Crippen molar-refractivity contribution in [3.05, 3.63) is 63.6 Å². The minimum absolute atomic E-state index is 0.0142. The highest BCUT2D eigenvalue weighted by atomic mass is 35.5. The number of nitrogens with zero attached hydrogens (tertiary/aromatic N) is 2. The van der Waals surface area contributed by atoms with Gasteiger partial charge in [0.15, 0.2) is 0 Å². The summed E-state index contributed by atoms with van der Waals surface area (Å²) in [6.07, 6.45) is 0. The quantitative estimate of drug-likeness (QED) is 0.842. The summed E-state index contributed by atoms with van der Waals surface area (Å²) in [7, 11) is 0. The molecule has 1 fully saturated rings. The van der Waals surface area contributed by atoms with Crippen molar-refractivity contribution >= 4 is 34.8 Å². The molecule has 26 heavy (non-hydrogen) atoms. The van der Waals surface area contributed by atoms with Gasteiger partial charge in [-0.1, -0.05) is 47.5 Å². The largest absolute Gasteiger partial charge is 0.369 e. The third kappa shape index (κ3) is 4.91. The number of carbonyl (C=O) groups is 1. The van der Waals surface area contributed by atoms with Crippen LogP contribution in [0.3, 0.4) is 0 Å². The monoisotopic (exact) mass is 391 g/mol. The first kappa shape index (κ1) is 19.0. The molecule has 1 N–H and O–H groups in total. The van der Waals surface area contributed by atoms with Gasteiger partial charge in [-0.25, -0.2) is 0 Å². The van der Waals surface area contributed by atoms with E-state index in [1.54, 1.807) is 12.1 Å². The van der Waals surface area contributed by atoms with Crippen molar-refractivity contribution in [2.75, 3.05) is 37.6 Å². The molecule has 0 unspecified atom stereocenters. The highest BCUT2D eigenvalue weighted by molar-refractivity contribution is 6.35. The first-order valence-electron chi connectivity index (χ1n) is 8.76. The summed E-state index contributed by atoms with van der Waals surface area (Å²) in [5.74, 6) is 0.0142. The Hall–Kier alpha value is -1.75. The lowest BCUT2D eigenvalue weighted by Crippen LogP contribution is -2.49. The maximum absolute atomic E-state index is 12.2. The normalized spacial score (nSPS) is 15.1.